The number of carbonyl (C=O) groups excluding carboxylic acids is 1. The zero-order chi connectivity index (χ0) is 17.6. The SMILES string of the molecule is CCCO[C@H]1CCCN(C(=O)Nc2cc(-n3cnnc3)ccc2C)C1. The number of aromatic nitrogens is 3. The van der Waals surface area contributed by atoms with Crippen LogP contribution in [0.1, 0.15) is 31.7 Å². The Bertz CT molecular complexity index is 701. The predicted octanol–water partition coefficient (Wildman–Crippen LogP) is 3.00. The number of piperidine rings is 1. The van der Waals surface area contributed by atoms with Crippen molar-refractivity contribution in [2.24, 2.45) is 0 Å². The summed E-state index contributed by atoms with van der Waals surface area (Å²) in [6.45, 7) is 6.24. The van der Waals surface area contributed by atoms with Crippen molar-refractivity contribution in [1.82, 2.24) is 19.7 Å². The van der Waals surface area contributed by atoms with E-state index >= 15 is 0 Å². The minimum absolute atomic E-state index is 0.0752. The van der Waals surface area contributed by atoms with Gasteiger partial charge in [-0.2, -0.15) is 0 Å². The van der Waals surface area contributed by atoms with E-state index in [1.165, 1.54) is 0 Å². The van der Waals surface area contributed by atoms with Crippen molar-refractivity contribution < 1.29 is 9.53 Å². The van der Waals surface area contributed by atoms with E-state index in [-0.39, 0.29) is 12.1 Å². The number of ether oxygens (including phenoxy) is 1. The molecule has 0 unspecified atom stereocenters. The molecule has 2 amide bonds. The number of urea groups is 1. The lowest BCUT2D eigenvalue weighted by atomic mass is 10.1. The molecule has 25 heavy (non-hydrogen) atoms. The summed E-state index contributed by atoms with van der Waals surface area (Å²) in [4.78, 5) is 14.5. The minimum atomic E-state index is -0.0752. The molecule has 1 aliphatic heterocycles. The topological polar surface area (TPSA) is 72.3 Å². The van der Waals surface area contributed by atoms with Crippen LogP contribution in [0.15, 0.2) is 30.9 Å². The van der Waals surface area contributed by atoms with Crippen LogP contribution in [-0.2, 0) is 4.74 Å². The molecule has 2 aromatic rings. The molecular weight excluding hydrogens is 318 g/mol. The van der Waals surface area contributed by atoms with Crippen molar-refractivity contribution in [3.63, 3.8) is 0 Å². The van der Waals surface area contributed by atoms with E-state index in [1.807, 2.05) is 34.6 Å². The maximum Gasteiger partial charge on any atom is 0.321 e. The third-order valence-electron chi connectivity index (χ3n) is 4.40. The summed E-state index contributed by atoms with van der Waals surface area (Å²) in [7, 11) is 0. The predicted molar refractivity (Wildman–Crippen MR) is 96.0 cm³/mol. The van der Waals surface area contributed by atoms with Crippen LogP contribution in [0.5, 0.6) is 0 Å². The average molecular weight is 343 g/mol. The van der Waals surface area contributed by atoms with E-state index in [0.717, 1.165) is 49.4 Å². The summed E-state index contributed by atoms with van der Waals surface area (Å²) >= 11 is 0. The van der Waals surface area contributed by atoms with Gasteiger partial charge < -0.3 is 15.0 Å². The van der Waals surface area contributed by atoms with Crippen molar-refractivity contribution in [3.8, 4) is 5.69 Å². The van der Waals surface area contributed by atoms with Crippen LogP contribution in [0.3, 0.4) is 0 Å². The Hall–Kier alpha value is -2.41. The number of nitrogens with one attached hydrogen (secondary N) is 1. The van der Waals surface area contributed by atoms with Gasteiger partial charge in [-0.3, -0.25) is 4.57 Å². The highest BCUT2D eigenvalue weighted by Crippen LogP contribution is 2.21. The van der Waals surface area contributed by atoms with Crippen molar-refractivity contribution in [3.05, 3.63) is 36.4 Å². The summed E-state index contributed by atoms with van der Waals surface area (Å²) < 4.78 is 7.63. The molecular formula is C18H25N5O2. The molecule has 0 radical (unpaired) electrons. The molecule has 1 aromatic carbocycles. The highest BCUT2D eigenvalue weighted by atomic mass is 16.5. The zero-order valence-electron chi connectivity index (χ0n) is 14.8. The van der Waals surface area contributed by atoms with E-state index in [1.54, 1.807) is 12.7 Å². The average Bonchev–Trinajstić information content (AvgIpc) is 3.16. The Morgan fingerprint density at radius 3 is 2.92 bits per heavy atom. The zero-order valence-corrected chi connectivity index (χ0v) is 14.8. The fraction of sp³-hybridized carbons (Fsp3) is 0.500. The number of anilines is 1. The Balaban J connectivity index is 1.67. The summed E-state index contributed by atoms with van der Waals surface area (Å²) in [5.41, 5.74) is 2.72. The fourth-order valence-electron chi connectivity index (χ4n) is 2.98. The van der Waals surface area contributed by atoms with Gasteiger partial charge in [-0.1, -0.05) is 13.0 Å². The quantitative estimate of drug-likeness (QED) is 0.906. The van der Waals surface area contributed by atoms with Crippen LogP contribution < -0.4 is 5.32 Å². The van der Waals surface area contributed by atoms with Gasteiger partial charge in [0.05, 0.1) is 11.8 Å². The van der Waals surface area contributed by atoms with Crippen LogP contribution in [0.25, 0.3) is 5.69 Å². The van der Waals surface area contributed by atoms with Gasteiger partial charge in [0, 0.05) is 25.4 Å². The van der Waals surface area contributed by atoms with Gasteiger partial charge in [-0.25, -0.2) is 4.79 Å². The lowest BCUT2D eigenvalue weighted by Gasteiger charge is -2.32. The van der Waals surface area contributed by atoms with E-state index < -0.39 is 0 Å². The second-order valence-electron chi connectivity index (χ2n) is 6.38. The molecule has 1 fully saturated rings. The van der Waals surface area contributed by atoms with Crippen LogP contribution in [0.2, 0.25) is 0 Å². The minimum Gasteiger partial charge on any atom is -0.376 e. The molecule has 0 saturated carbocycles. The number of aryl methyl sites for hydroxylation is 1. The normalized spacial score (nSPS) is 17.5. The molecule has 3 rings (SSSR count). The maximum absolute atomic E-state index is 12.7. The van der Waals surface area contributed by atoms with Crippen molar-refractivity contribution in [2.45, 2.75) is 39.2 Å². The van der Waals surface area contributed by atoms with E-state index in [4.69, 9.17) is 4.74 Å². The summed E-state index contributed by atoms with van der Waals surface area (Å²) in [6, 6.07) is 5.82. The Labute approximate surface area is 148 Å². The lowest BCUT2D eigenvalue weighted by molar-refractivity contribution is 0.0115. The number of hydrogen-bond acceptors (Lipinski definition) is 4. The smallest absolute Gasteiger partial charge is 0.321 e. The molecule has 7 heteroatoms. The summed E-state index contributed by atoms with van der Waals surface area (Å²) in [6.07, 6.45) is 6.40. The highest BCUT2D eigenvalue weighted by Gasteiger charge is 2.24. The maximum atomic E-state index is 12.7. The molecule has 1 aromatic heterocycles. The number of rotatable bonds is 5. The third-order valence-corrected chi connectivity index (χ3v) is 4.40. The molecule has 0 aliphatic carbocycles. The summed E-state index contributed by atoms with van der Waals surface area (Å²) in [5.74, 6) is 0. The highest BCUT2D eigenvalue weighted by molar-refractivity contribution is 5.90. The largest absolute Gasteiger partial charge is 0.376 e. The second kappa shape index (κ2) is 8.11. The molecule has 1 atom stereocenters. The molecule has 0 bridgehead atoms. The monoisotopic (exact) mass is 343 g/mol. The number of carbonyl (C=O) groups is 1. The van der Waals surface area contributed by atoms with Gasteiger partial charge >= 0.3 is 6.03 Å². The van der Waals surface area contributed by atoms with Crippen molar-refractivity contribution in [1.29, 1.82) is 0 Å². The Morgan fingerprint density at radius 2 is 2.16 bits per heavy atom. The van der Waals surface area contributed by atoms with Gasteiger partial charge in [0.1, 0.15) is 12.7 Å². The molecule has 2 heterocycles. The van der Waals surface area contributed by atoms with Gasteiger partial charge in [0.15, 0.2) is 0 Å². The lowest BCUT2D eigenvalue weighted by Crippen LogP contribution is -2.45. The number of likely N-dealkylation sites (tertiary alicyclic amines) is 1. The Kier molecular flexibility index (Phi) is 5.65. The first-order valence-corrected chi connectivity index (χ1v) is 8.80. The number of amides is 2. The standard InChI is InChI=1S/C18H25N5O2/c1-3-9-25-16-5-4-8-22(11-16)18(24)21-17-10-15(7-6-14(17)2)23-12-19-20-13-23/h6-7,10,12-13,16H,3-5,8-9,11H2,1-2H3,(H,21,24)/t16-/m0/s1. The number of nitrogens with zero attached hydrogens (tertiary/aromatic N) is 4. The molecule has 1 aliphatic rings. The third kappa shape index (κ3) is 4.36. The van der Waals surface area contributed by atoms with Gasteiger partial charge in [0.25, 0.3) is 0 Å². The van der Waals surface area contributed by atoms with Crippen LogP contribution in [-0.4, -0.2) is 51.5 Å². The Morgan fingerprint density at radius 1 is 1.36 bits per heavy atom. The van der Waals surface area contributed by atoms with Crippen LogP contribution in [0, 0.1) is 6.92 Å². The first-order valence-electron chi connectivity index (χ1n) is 8.80. The number of hydrogen-bond donors (Lipinski definition) is 1. The van der Waals surface area contributed by atoms with E-state index in [2.05, 4.69) is 22.4 Å². The van der Waals surface area contributed by atoms with E-state index in [9.17, 15) is 4.79 Å². The molecule has 134 valence electrons. The molecule has 1 N–H and O–H groups in total. The molecule has 0 spiro atoms. The van der Waals surface area contributed by atoms with Crippen LogP contribution in [0.4, 0.5) is 10.5 Å². The van der Waals surface area contributed by atoms with E-state index in [0.29, 0.717) is 6.54 Å². The van der Waals surface area contributed by atoms with Crippen molar-refractivity contribution >= 4 is 11.7 Å². The molecule has 1 saturated heterocycles. The fourth-order valence-corrected chi connectivity index (χ4v) is 2.98. The second-order valence-corrected chi connectivity index (χ2v) is 6.38. The molecule has 7 nitrogen and oxygen atoms in total. The van der Waals surface area contributed by atoms with Gasteiger partial charge in [-0.15, -0.1) is 10.2 Å². The summed E-state index contributed by atoms with van der Waals surface area (Å²) in [5, 5.41) is 10.7. The number of benzene rings is 1. The van der Waals surface area contributed by atoms with Gasteiger partial charge in [-0.05, 0) is 43.9 Å². The van der Waals surface area contributed by atoms with Gasteiger partial charge in [0.2, 0.25) is 0 Å². The first kappa shape index (κ1) is 17.4. The van der Waals surface area contributed by atoms with Crippen LogP contribution >= 0.6 is 0 Å². The van der Waals surface area contributed by atoms with Crippen molar-refractivity contribution in [2.75, 3.05) is 25.0 Å². The first-order chi connectivity index (χ1) is 12.2.